The maximum Gasteiger partial charge on any atom is 0.237 e. The molecule has 1 saturated carbocycles. The lowest BCUT2D eigenvalue weighted by atomic mass is 9.76. The van der Waals surface area contributed by atoms with E-state index >= 15 is 0 Å². The number of ether oxygens (including phenoxy) is 1. The van der Waals surface area contributed by atoms with Crippen molar-refractivity contribution in [2.75, 3.05) is 11.5 Å². The third kappa shape index (κ3) is 4.26. The van der Waals surface area contributed by atoms with Crippen molar-refractivity contribution in [3.05, 3.63) is 84.4 Å². The first kappa shape index (κ1) is 22.1. The number of hydrogen-bond acceptors (Lipinski definition) is 4. The third-order valence-electron chi connectivity index (χ3n) is 6.95. The van der Waals surface area contributed by atoms with E-state index in [9.17, 15) is 14.4 Å². The Labute approximate surface area is 199 Å². The number of ketones is 1. The van der Waals surface area contributed by atoms with Gasteiger partial charge in [-0.2, -0.15) is 0 Å². The second kappa shape index (κ2) is 9.26. The summed E-state index contributed by atoms with van der Waals surface area (Å²) in [7, 11) is 0. The van der Waals surface area contributed by atoms with Crippen LogP contribution in [0.1, 0.15) is 36.5 Å². The molecular formula is C29H27NO4. The standard InChI is InChI=1S/C29H27NO4/c1-19-10-15-25-26(16-19)29(33)30(28(25)32)23-8-5-9-24(17-23)34-18-27(31)22-13-11-21(12-14-22)20-6-3-2-4-7-20/h2-9,11-14,17,19,25-26H,10,15-16,18H2,1H3/t19-,25+,26+/m1/s1. The highest BCUT2D eigenvalue weighted by Gasteiger charge is 2.50. The molecule has 0 aromatic heterocycles. The van der Waals surface area contributed by atoms with Gasteiger partial charge in [0.2, 0.25) is 11.8 Å². The summed E-state index contributed by atoms with van der Waals surface area (Å²) in [6.45, 7) is 2.01. The Balaban J connectivity index is 1.25. The fourth-order valence-corrected chi connectivity index (χ4v) is 5.07. The van der Waals surface area contributed by atoms with Crippen molar-refractivity contribution in [2.45, 2.75) is 26.2 Å². The molecule has 0 spiro atoms. The molecule has 1 saturated heterocycles. The molecule has 34 heavy (non-hydrogen) atoms. The maximum absolute atomic E-state index is 13.0. The quantitative estimate of drug-likeness (QED) is 0.363. The van der Waals surface area contributed by atoms with Crippen LogP contribution in [0.3, 0.4) is 0 Å². The summed E-state index contributed by atoms with van der Waals surface area (Å²) in [6, 6.07) is 24.3. The summed E-state index contributed by atoms with van der Waals surface area (Å²) in [5.41, 5.74) is 3.21. The van der Waals surface area contributed by atoms with Crippen LogP contribution in [0, 0.1) is 17.8 Å². The van der Waals surface area contributed by atoms with Gasteiger partial charge < -0.3 is 4.74 Å². The number of carbonyl (C=O) groups is 3. The van der Waals surface area contributed by atoms with Crippen LogP contribution in [0.5, 0.6) is 5.75 Å². The number of benzene rings is 3. The molecule has 1 heterocycles. The Hall–Kier alpha value is -3.73. The van der Waals surface area contributed by atoms with Crippen LogP contribution in [-0.4, -0.2) is 24.2 Å². The average molecular weight is 454 g/mol. The highest BCUT2D eigenvalue weighted by Crippen LogP contribution is 2.42. The highest BCUT2D eigenvalue weighted by atomic mass is 16.5. The first-order chi connectivity index (χ1) is 16.5. The molecule has 3 aromatic rings. The van der Waals surface area contributed by atoms with Crippen LogP contribution in [0.4, 0.5) is 5.69 Å². The number of rotatable bonds is 6. The van der Waals surface area contributed by atoms with E-state index in [1.165, 1.54) is 4.90 Å². The van der Waals surface area contributed by atoms with Gasteiger partial charge in [-0.3, -0.25) is 14.4 Å². The minimum atomic E-state index is -0.221. The van der Waals surface area contributed by atoms with Crippen LogP contribution in [0.25, 0.3) is 11.1 Å². The summed E-state index contributed by atoms with van der Waals surface area (Å²) in [4.78, 5) is 39.9. The fourth-order valence-electron chi connectivity index (χ4n) is 5.07. The van der Waals surface area contributed by atoms with Gasteiger partial charge in [-0.25, -0.2) is 4.90 Å². The second-order valence-electron chi connectivity index (χ2n) is 9.30. The minimum Gasteiger partial charge on any atom is -0.485 e. The SMILES string of the molecule is C[C@@H]1CC[C@@H]2C(=O)N(c3cccc(OCC(=O)c4ccc(-c5ccccc5)cc4)c3)C(=O)[C@H]2C1. The molecule has 5 rings (SSSR count). The van der Waals surface area contributed by atoms with Crippen LogP contribution < -0.4 is 9.64 Å². The smallest absolute Gasteiger partial charge is 0.237 e. The summed E-state index contributed by atoms with van der Waals surface area (Å²) in [5, 5.41) is 0. The van der Waals surface area contributed by atoms with Gasteiger partial charge >= 0.3 is 0 Å². The zero-order chi connectivity index (χ0) is 23.7. The molecule has 0 N–H and O–H groups in total. The fraction of sp³-hybridized carbons (Fsp3) is 0.276. The van der Waals surface area contributed by atoms with Gasteiger partial charge in [-0.05, 0) is 48.4 Å². The molecule has 3 atom stereocenters. The van der Waals surface area contributed by atoms with E-state index in [1.54, 1.807) is 36.4 Å². The van der Waals surface area contributed by atoms with E-state index in [1.807, 2.05) is 42.5 Å². The van der Waals surface area contributed by atoms with Gasteiger partial charge in [-0.15, -0.1) is 0 Å². The van der Waals surface area contributed by atoms with Crippen LogP contribution in [0.2, 0.25) is 0 Å². The lowest BCUT2D eigenvalue weighted by Gasteiger charge is -2.25. The Morgan fingerprint density at radius 3 is 2.32 bits per heavy atom. The van der Waals surface area contributed by atoms with Crippen LogP contribution in [0.15, 0.2) is 78.9 Å². The Bertz CT molecular complexity index is 1220. The Kier molecular flexibility index (Phi) is 6.01. The highest BCUT2D eigenvalue weighted by molar-refractivity contribution is 6.22. The molecular weight excluding hydrogens is 426 g/mol. The van der Waals surface area contributed by atoms with E-state index in [2.05, 4.69) is 6.92 Å². The number of hydrogen-bond donors (Lipinski definition) is 0. The van der Waals surface area contributed by atoms with E-state index in [4.69, 9.17) is 4.74 Å². The summed E-state index contributed by atoms with van der Waals surface area (Å²) in [6.07, 6.45) is 2.51. The van der Waals surface area contributed by atoms with Gasteiger partial charge in [0.1, 0.15) is 5.75 Å². The normalized spacial score (nSPS) is 21.9. The largest absolute Gasteiger partial charge is 0.485 e. The molecule has 0 bridgehead atoms. The molecule has 0 radical (unpaired) electrons. The number of nitrogens with zero attached hydrogens (tertiary/aromatic N) is 1. The summed E-state index contributed by atoms with van der Waals surface area (Å²) >= 11 is 0. The Morgan fingerprint density at radius 1 is 0.853 bits per heavy atom. The van der Waals surface area contributed by atoms with E-state index in [0.717, 1.165) is 30.4 Å². The van der Waals surface area contributed by atoms with E-state index in [0.29, 0.717) is 22.9 Å². The molecule has 5 heteroatoms. The second-order valence-corrected chi connectivity index (χ2v) is 9.30. The molecule has 3 aromatic carbocycles. The number of fused-ring (bicyclic) bond motifs is 1. The first-order valence-electron chi connectivity index (χ1n) is 11.8. The zero-order valence-electron chi connectivity index (χ0n) is 19.1. The average Bonchev–Trinajstić information content (AvgIpc) is 3.12. The van der Waals surface area contributed by atoms with Gasteiger partial charge in [0.25, 0.3) is 0 Å². The van der Waals surface area contributed by atoms with Crippen molar-refractivity contribution in [3.63, 3.8) is 0 Å². The molecule has 0 unspecified atom stereocenters. The lowest BCUT2D eigenvalue weighted by molar-refractivity contribution is -0.122. The van der Waals surface area contributed by atoms with Gasteiger partial charge in [0.05, 0.1) is 17.5 Å². The molecule has 2 aliphatic rings. The minimum absolute atomic E-state index is 0.117. The van der Waals surface area contributed by atoms with Crippen molar-refractivity contribution >= 4 is 23.3 Å². The lowest BCUT2D eigenvalue weighted by Crippen LogP contribution is -2.30. The first-order valence-corrected chi connectivity index (χ1v) is 11.8. The van der Waals surface area contributed by atoms with Crippen molar-refractivity contribution < 1.29 is 19.1 Å². The van der Waals surface area contributed by atoms with Crippen LogP contribution >= 0.6 is 0 Å². The van der Waals surface area contributed by atoms with Gasteiger partial charge in [0, 0.05) is 11.6 Å². The summed E-state index contributed by atoms with van der Waals surface area (Å²) in [5.74, 6) is 0.103. The summed E-state index contributed by atoms with van der Waals surface area (Å²) < 4.78 is 5.74. The molecule has 1 aliphatic heterocycles. The van der Waals surface area contributed by atoms with Gasteiger partial charge in [0.15, 0.2) is 12.4 Å². The Morgan fingerprint density at radius 2 is 1.56 bits per heavy atom. The number of amides is 2. The number of anilines is 1. The predicted octanol–water partition coefficient (Wildman–Crippen LogP) is 5.54. The molecule has 5 nitrogen and oxygen atoms in total. The molecule has 2 fully saturated rings. The molecule has 2 amide bonds. The monoisotopic (exact) mass is 453 g/mol. The number of Topliss-reactive ketones (excluding diaryl/α,β-unsaturated/α-hetero) is 1. The molecule has 1 aliphatic carbocycles. The number of imide groups is 1. The van der Waals surface area contributed by atoms with Crippen molar-refractivity contribution in [2.24, 2.45) is 17.8 Å². The van der Waals surface area contributed by atoms with Crippen LogP contribution in [-0.2, 0) is 9.59 Å². The predicted molar refractivity (Wildman–Crippen MR) is 131 cm³/mol. The number of carbonyl (C=O) groups excluding carboxylic acids is 3. The topological polar surface area (TPSA) is 63.7 Å². The van der Waals surface area contributed by atoms with Crippen molar-refractivity contribution in [1.82, 2.24) is 0 Å². The van der Waals surface area contributed by atoms with Crippen molar-refractivity contribution in [3.8, 4) is 16.9 Å². The van der Waals surface area contributed by atoms with E-state index in [-0.39, 0.29) is 36.0 Å². The zero-order valence-corrected chi connectivity index (χ0v) is 19.1. The third-order valence-corrected chi connectivity index (χ3v) is 6.95. The van der Waals surface area contributed by atoms with Gasteiger partial charge in [-0.1, -0.05) is 67.6 Å². The molecule has 172 valence electrons. The van der Waals surface area contributed by atoms with Crippen molar-refractivity contribution in [1.29, 1.82) is 0 Å². The maximum atomic E-state index is 13.0. The van der Waals surface area contributed by atoms with E-state index < -0.39 is 0 Å².